The SMILES string of the molecule is C[C@H]1c2cc(F)ccc2CCN1C(=O)NCCCN1CCOCC1. The molecule has 0 saturated carbocycles. The lowest BCUT2D eigenvalue weighted by molar-refractivity contribution is 0.0374. The van der Waals surface area contributed by atoms with Crippen LogP contribution in [0, 0.1) is 5.82 Å². The van der Waals surface area contributed by atoms with Gasteiger partial charge >= 0.3 is 6.03 Å². The van der Waals surface area contributed by atoms with Crippen LogP contribution in [0.15, 0.2) is 18.2 Å². The molecule has 0 aliphatic carbocycles. The molecule has 1 aromatic rings. The molecule has 1 fully saturated rings. The summed E-state index contributed by atoms with van der Waals surface area (Å²) in [6.07, 6.45) is 1.71. The standard InChI is InChI=1S/C18H26FN3O2/c1-14-17-13-16(19)4-3-15(17)5-8-22(14)18(23)20-6-2-7-21-9-11-24-12-10-21/h3-4,13-14H,2,5-12H2,1H3,(H,20,23)/t14-/m0/s1. The highest BCUT2D eigenvalue weighted by Crippen LogP contribution is 2.29. The molecule has 2 aliphatic rings. The Balaban J connectivity index is 1.47. The fourth-order valence-electron chi connectivity index (χ4n) is 3.49. The van der Waals surface area contributed by atoms with Crippen molar-refractivity contribution in [1.29, 1.82) is 0 Å². The Morgan fingerprint density at radius 2 is 2.12 bits per heavy atom. The van der Waals surface area contributed by atoms with E-state index in [0.717, 1.165) is 56.8 Å². The van der Waals surface area contributed by atoms with E-state index >= 15 is 0 Å². The number of hydrogen-bond donors (Lipinski definition) is 1. The summed E-state index contributed by atoms with van der Waals surface area (Å²) in [7, 11) is 0. The van der Waals surface area contributed by atoms with Crippen molar-refractivity contribution in [2.75, 3.05) is 45.9 Å². The summed E-state index contributed by atoms with van der Waals surface area (Å²) in [5.74, 6) is -0.242. The fourth-order valence-corrected chi connectivity index (χ4v) is 3.49. The predicted octanol–water partition coefficient (Wildman–Crippen LogP) is 2.18. The highest BCUT2D eigenvalue weighted by molar-refractivity contribution is 5.75. The molecule has 1 atom stereocenters. The number of urea groups is 1. The van der Waals surface area contributed by atoms with Crippen LogP contribution in [0.1, 0.15) is 30.5 Å². The van der Waals surface area contributed by atoms with Gasteiger partial charge in [0.1, 0.15) is 5.82 Å². The van der Waals surface area contributed by atoms with Crippen LogP contribution < -0.4 is 5.32 Å². The van der Waals surface area contributed by atoms with Gasteiger partial charge in [-0.2, -0.15) is 0 Å². The molecule has 3 rings (SSSR count). The second kappa shape index (κ2) is 7.94. The zero-order valence-corrected chi connectivity index (χ0v) is 14.3. The molecule has 2 amide bonds. The van der Waals surface area contributed by atoms with Crippen LogP contribution in [0.3, 0.4) is 0 Å². The van der Waals surface area contributed by atoms with E-state index in [-0.39, 0.29) is 17.9 Å². The quantitative estimate of drug-likeness (QED) is 0.858. The van der Waals surface area contributed by atoms with Gasteiger partial charge in [0, 0.05) is 26.2 Å². The largest absolute Gasteiger partial charge is 0.379 e. The minimum absolute atomic E-state index is 0.0561. The summed E-state index contributed by atoms with van der Waals surface area (Å²) in [4.78, 5) is 16.6. The van der Waals surface area contributed by atoms with Gasteiger partial charge in [-0.25, -0.2) is 9.18 Å². The third-order valence-corrected chi connectivity index (χ3v) is 4.94. The van der Waals surface area contributed by atoms with Crippen LogP contribution in [0.2, 0.25) is 0 Å². The van der Waals surface area contributed by atoms with Gasteiger partial charge in [-0.05, 0) is 49.6 Å². The Hall–Kier alpha value is -1.66. The first-order valence-corrected chi connectivity index (χ1v) is 8.78. The van der Waals surface area contributed by atoms with E-state index in [9.17, 15) is 9.18 Å². The average Bonchev–Trinajstić information content (AvgIpc) is 2.60. The Morgan fingerprint density at radius 1 is 1.33 bits per heavy atom. The molecular weight excluding hydrogens is 309 g/mol. The number of hydrogen-bond acceptors (Lipinski definition) is 3. The topological polar surface area (TPSA) is 44.8 Å². The first kappa shape index (κ1) is 17.2. The molecule has 132 valence electrons. The summed E-state index contributed by atoms with van der Waals surface area (Å²) in [6, 6.07) is 4.73. The van der Waals surface area contributed by atoms with Crippen molar-refractivity contribution in [3.05, 3.63) is 35.1 Å². The van der Waals surface area contributed by atoms with E-state index in [0.29, 0.717) is 13.1 Å². The maximum Gasteiger partial charge on any atom is 0.317 e. The number of rotatable bonds is 4. The number of ether oxygens (including phenoxy) is 1. The first-order chi connectivity index (χ1) is 11.6. The van der Waals surface area contributed by atoms with Gasteiger partial charge in [-0.3, -0.25) is 4.90 Å². The fraction of sp³-hybridized carbons (Fsp3) is 0.611. The molecule has 0 radical (unpaired) electrons. The highest BCUT2D eigenvalue weighted by atomic mass is 19.1. The van der Waals surface area contributed by atoms with Crippen LogP contribution in [-0.2, 0) is 11.2 Å². The summed E-state index contributed by atoms with van der Waals surface area (Å²) in [5, 5.41) is 3.00. The Kier molecular flexibility index (Phi) is 5.68. The molecule has 1 aromatic carbocycles. The summed E-state index contributed by atoms with van der Waals surface area (Å²) in [5.41, 5.74) is 2.06. The van der Waals surface area contributed by atoms with Crippen LogP contribution in [0.4, 0.5) is 9.18 Å². The van der Waals surface area contributed by atoms with Gasteiger partial charge in [0.05, 0.1) is 19.3 Å². The molecule has 0 aromatic heterocycles. The number of nitrogens with zero attached hydrogens (tertiary/aromatic N) is 2. The molecule has 1 saturated heterocycles. The highest BCUT2D eigenvalue weighted by Gasteiger charge is 2.27. The van der Waals surface area contributed by atoms with E-state index in [1.165, 1.54) is 6.07 Å². The van der Waals surface area contributed by atoms with E-state index < -0.39 is 0 Å². The monoisotopic (exact) mass is 335 g/mol. The Bertz CT molecular complexity index is 575. The lowest BCUT2D eigenvalue weighted by Gasteiger charge is -2.35. The summed E-state index contributed by atoms with van der Waals surface area (Å²) >= 11 is 0. The van der Waals surface area contributed by atoms with Gasteiger partial charge in [0.2, 0.25) is 0 Å². The normalized spacial score (nSPS) is 21.4. The maximum absolute atomic E-state index is 13.5. The van der Waals surface area contributed by atoms with Gasteiger partial charge in [-0.1, -0.05) is 6.07 Å². The van der Waals surface area contributed by atoms with Gasteiger partial charge in [0.15, 0.2) is 0 Å². The van der Waals surface area contributed by atoms with Gasteiger partial charge in [-0.15, -0.1) is 0 Å². The lowest BCUT2D eigenvalue weighted by atomic mass is 9.94. The van der Waals surface area contributed by atoms with Crippen LogP contribution in [-0.4, -0.2) is 61.8 Å². The van der Waals surface area contributed by atoms with Crippen molar-refractivity contribution < 1.29 is 13.9 Å². The smallest absolute Gasteiger partial charge is 0.317 e. The molecular formula is C18H26FN3O2. The molecule has 24 heavy (non-hydrogen) atoms. The average molecular weight is 335 g/mol. The number of fused-ring (bicyclic) bond motifs is 1. The van der Waals surface area contributed by atoms with Crippen molar-refractivity contribution in [2.45, 2.75) is 25.8 Å². The molecule has 0 bridgehead atoms. The van der Waals surface area contributed by atoms with Crippen molar-refractivity contribution in [1.82, 2.24) is 15.1 Å². The van der Waals surface area contributed by atoms with E-state index in [1.807, 2.05) is 13.0 Å². The van der Waals surface area contributed by atoms with E-state index in [1.54, 1.807) is 11.0 Å². The third-order valence-electron chi connectivity index (χ3n) is 4.94. The molecule has 2 aliphatic heterocycles. The van der Waals surface area contributed by atoms with Crippen LogP contribution in [0.5, 0.6) is 0 Å². The lowest BCUT2D eigenvalue weighted by Crippen LogP contribution is -2.45. The second-order valence-electron chi connectivity index (χ2n) is 6.50. The molecule has 5 nitrogen and oxygen atoms in total. The van der Waals surface area contributed by atoms with Crippen molar-refractivity contribution in [3.63, 3.8) is 0 Å². The number of amides is 2. The van der Waals surface area contributed by atoms with Crippen LogP contribution in [0.25, 0.3) is 0 Å². The maximum atomic E-state index is 13.5. The number of benzene rings is 1. The molecule has 0 spiro atoms. The second-order valence-corrected chi connectivity index (χ2v) is 6.50. The van der Waals surface area contributed by atoms with Gasteiger partial charge < -0.3 is 15.0 Å². The Morgan fingerprint density at radius 3 is 2.92 bits per heavy atom. The summed E-state index contributed by atoms with van der Waals surface area (Å²) < 4.78 is 18.8. The molecule has 6 heteroatoms. The number of nitrogens with one attached hydrogen (secondary N) is 1. The number of morpholine rings is 1. The van der Waals surface area contributed by atoms with E-state index in [4.69, 9.17) is 4.74 Å². The van der Waals surface area contributed by atoms with E-state index in [2.05, 4.69) is 10.2 Å². The van der Waals surface area contributed by atoms with Crippen LogP contribution >= 0.6 is 0 Å². The minimum atomic E-state index is -0.242. The van der Waals surface area contributed by atoms with Crippen molar-refractivity contribution >= 4 is 6.03 Å². The molecule has 1 N–H and O–H groups in total. The van der Waals surface area contributed by atoms with Crippen molar-refractivity contribution in [2.24, 2.45) is 0 Å². The van der Waals surface area contributed by atoms with Crippen molar-refractivity contribution in [3.8, 4) is 0 Å². The number of halogens is 1. The zero-order chi connectivity index (χ0) is 16.9. The third kappa shape index (κ3) is 4.05. The first-order valence-electron chi connectivity index (χ1n) is 8.78. The zero-order valence-electron chi connectivity index (χ0n) is 14.3. The van der Waals surface area contributed by atoms with Gasteiger partial charge in [0.25, 0.3) is 0 Å². The molecule has 2 heterocycles. The predicted molar refractivity (Wildman–Crippen MR) is 90.5 cm³/mol. The number of carbonyl (C=O) groups excluding carboxylic acids is 1. The summed E-state index contributed by atoms with van der Waals surface area (Å²) in [6.45, 7) is 7.82. The Labute approximate surface area is 142 Å². The molecule has 0 unspecified atom stereocenters. The number of carbonyl (C=O) groups is 1. The minimum Gasteiger partial charge on any atom is -0.379 e.